The van der Waals surface area contributed by atoms with Crippen LogP contribution in [0.3, 0.4) is 0 Å². The summed E-state index contributed by atoms with van der Waals surface area (Å²) in [4.78, 5) is 12.1. The molecule has 2 heterocycles. The number of aromatic nitrogens is 2. The van der Waals surface area contributed by atoms with Crippen LogP contribution in [-0.4, -0.2) is 28.8 Å². The first-order chi connectivity index (χ1) is 12.4. The van der Waals surface area contributed by atoms with Crippen LogP contribution in [-0.2, 0) is 30.5 Å². The summed E-state index contributed by atoms with van der Waals surface area (Å²) in [5.74, 6) is -0.400. The minimum absolute atomic E-state index is 0.0665. The molecule has 1 aliphatic heterocycles. The lowest BCUT2D eigenvalue weighted by molar-refractivity contribution is -0.142. The average molecular weight is 364 g/mol. The zero-order valence-corrected chi connectivity index (χ0v) is 13.6. The maximum absolute atomic E-state index is 13.1. The molecule has 1 aromatic carbocycles. The molecule has 0 atom stereocenters. The molecular formula is C17H15F3N4O2. The van der Waals surface area contributed by atoms with Crippen molar-refractivity contribution >= 4 is 5.91 Å². The van der Waals surface area contributed by atoms with E-state index < -0.39 is 17.8 Å². The second kappa shape index (κ2) is 7.17. The molecule has 136 valence electrons. The van der Waals surface area contributed by atoms with Crippen LogP contribution < -0.4 is 5.32 Å². The minimum Gasteiger partial charge on any atom is -0.376 e. The normalized spacial score (nSPS) is 13.8. The SMILES string of the molecule is N#Cc1cccc(C(=O)NCCn2nc(C(F)(F)F)c3c2CCOC3)c1. The number of amides is 1. The number of ether oxygens (including phenoxy) is 1. The van der Waals surface area contributed by atoms with E-state index >= 15 is 0 Å². The first-order valence-corrected chi connectivity index (χ1v) is 7.92. The van der Waals surface area contributed by atoms with Gasteiger partial charge in [0.25, 0.3) is 5.91 Å². The lowest BCUT2D eigenvalue weighted by Gasteiger charge is -2.15. The molecule has 26 heavy (non-hydrogen) atoms. The van der Waals surface area contributed by atoms with E-state index in [0.29, 0.717) is 29.8 Å². The highest BCUT2D eigenvalue weighted by Gasteiger charge is 2.39. The van der Waals surface area contributed by atoms with Gasteiger partial charge in [-0.05, 0) is 18.2 Å². The van der Waals surface area contributed by atoms with E-state index in [2.05, 4.69) is 10.4 Å². The summed E-state index contributed by atoms with van der Waals surface area (Å²) in [5.41, 5.74) is 0.297. The largest absolute Gasteiger partial charge is 0.435 e. The van der Waals surface area contributed by atoms with Gasteiger partial charge < -0.3 is 10.1 Å². The van der Waals surface area contributed by atoms with E-state index in [1.165, 1.54) is 10.7 Å². The zero-order valence-electron chi connectivity index (χ0n) is 13.6. The number of rotatable bonds is 4. The second-order valence-electron chi connectivity index (χ2n) is 5.75. The van der Waals surface area contributed by atoms with Crippen molar-refractivity contribution in [2.75, 3.05) is 13.2 Å². The van der Waals surface area contributed by atoms with Crippen LogP contribution in [0.5, 0.6) is 0 Å². The Labute approximate surface area is 147 Å². The van der Waals surface area contributed by atoms with Crippen LogP contribution in [0.4, 0.5) is 13.2 Å². The molecule has 1 amide bonds. The predicted octanol–water partition coefficient (Wildman–Crippen LogP) is 2.28. The number of hydrogen-bond acceptors (Lipinski definition) is 4. The summed E-state index contributed by atoms with van der Waals surface area (Å²) < 4.78 is 45.7. The van der Waals surface area contributed by atoms with E-state index in [9.17, 15) is 18.0 Å². The fourth-order valence-corrected chi connectivity index (χ4v) is 2.83. The number of nitriles is 1. The van der Waals surface area contributed by atoms with Gasteiger partial charge in [-0.3, -0.25) is 9.48 Å². The van der Waals surface area contributed by atoms with Gasteiger partial charge in [0.1, 0.15) is 0 Å². The van der Waals surface area contributed by atoms with Crippen LogP contribution in [0.2, 0.25) is 0 Å². The van der Waals surface area contributed by atoms with E-state index in [0.717, 1.165) is 0 Å². The number of hydrogen-bond donors (Lipinski definition) is 1. The summed E-state index contributed by atoms with van der Waals surface area (Å²) in [7, 11) is 0. The van der Waals surface area contributed by atoms with E-state index in [1.54, 1.807) is 18.2 Å². The van der Waals surface area contributed by atoms with Crippen molar-refractivity contribution in [2.24, 2.45) is 0 Å². The number of benzene rings is 1. The number of halogens is 3. The van der Waals surface area contributed by atoms with Crippen molar-refractivity contribution in [2.45, 2.75) is 25.7 Å². The maximum Gasteiger partial charge on any atom is 0.435 e. The molecule has 2 aromatic rings. The molecule has 1 aliphatic rings. The van der Waals surface area contributed by atoms with Gasteiger partial charge in [-0.1, -0.05) is 6.07 Å². The summed E-state index contributed by atoms with van der Waals surface area (Å²) >= 11 is 0. The monoisotopic (exact) mass is 364 g/mol. The first-order valence-electron chi connectivity index (χ1n) is 7.92. The van der Waals surface area contributed by atoms with E-state index in [-0.39, 0.29) is 25.3 Å². The Morgan fingerprint density at radius 2 is 2.23 bits per heavy atom. The molecule has 0 saturated heterocycles. The summed E-state index contributed by atoms with van der Waals surface area (Å²) in [6.07, 6.45) is -4.20. The lowest BCUT2D eigenvalue weighted by atomic mass is 10.1. The van der Waals surface area contributed by atoms with Gasteiger partial charge in [0.2, 0.25) is 0 Å². The average Bonchev–Trinajstić information content (AvgIpc) is 3.01. The third kappa shape index (κ3) is 3.70. The van der Waals surface area contributed by atoms with Gasteiger partial charge in [-0.25, -0.2) is 0 Å². The van der Waals surface area contributed by atoms with Crippen LogP contribution in [0.25, 0.3) is 0 Å². The maximum atomic E-state index is 13.1. The molecule has 9 heteroatoms. The number of nitrogens with one attached hydrogen (secondary N) is 1. The molecule has 0 aliphatic carbocycles. The van der Waals surface area contributed by atoms with Crippen LogP contribution in [0, 0.1) is 11.3 Å². The molecule has 1 N–H and O–H groups in total. The molecule has 0 radical (unpaired) electrons. The quantitative estimate of drug-likeness (QED) is 0.903. The highest BCUT2D eigenvalue weighted by molar-refractivity contribution is 5.94. The van der Waals surface area contributed by atoms with Crippen molar-refractivity contribution in [3.63, 3.8) is 0 Å². The summed E-state index contributed by atoms with van der Waals surface area (Å²) in [6, 6.07) is 8.12. The number of carbonyl (C=O) groups excluding carboxylic acids is 1. The van der Waals surface area contributed by atoms with Crippen LogP contribution in [0.15, 0.2) is 24.3 Å². The number of carbonyl (C=O) groups is 1. The minimum atomic E-state index is -4.54. The first kappa shape index (κ1) is 17.9. The third-order valence-electron chi connectivity index (χ3n) is 4.03. The molecular weight excluding hydrogens is 349 g/mol. The van der Waals surface area contributed by atoms with Crippen molar-refractivity contribution in [3.8, 4) is 6.07 Å². The Hall–Kier alpha value is -2.86. The fourth-order valence-electron chi connectivity index (χ4n) is 2.83. The van der Waals surface area contributed by atoms with Gasteiger partial charge in [0.15, 0.2) is 5.69 Å². The van der Waals surface area contributed by atoms with Crippen molar-refractivity contribution in [1.82, 2.24) is 15.1 Å². The molecule has 0 saturated carbocycles. The van der Waals surface area contributed by atoms with Crippen LogP contribution >= 0.6 is 0 Å². The molecule has 3 rings (SSSR count). The van der Waals surface area contributed by atoms with Crippen molar-refractivity contribution in [3.05, 3.63) is 52.3 Å². The Balaban J connectivity index is 1.69. The molecule has 0 spiro atoms. The highest BCUT2D eigenvalue weighted by Crippen LogP contribution is 2.34. The Morgan fingerprint density at radius 3 is 2.96 bits per heavy atom. The molecule has 0 fully saturated rings. The topological polar surface area (TPSA) is 79.9 Å². The second-order valence-corrected chi connectivity index (χ2v) is 5.75. The van der Waals surface area contributed by atoms with Crippen molar-refractivity contribution < 1.29 is 22.7 Å². The fraction of sp³-hybridized carbons (Fsp3) is 0.353. The molecule has 1 aromatic heterocycles. The van der Waals surface area contributed by atoms with Crippen LogP contribution in [0.1, 0.15) is 32.9 Å². The standard InChI is InChI=1S/C17H15F3N4O2/c18-17(19,20)15-13-10-26-7-4-14(13)24(23-15)6-5-22-16(25)12-3-1-2-11(8-12)9-21/h1-3,8H,4-7,10H2,(H,22,25). The van der Waals surface area contributed by atoms with Crippen molar-refractivity contribution in [1.29, 1.82) is 5.26 Å². The Bertz CT molecular complexity index is 868. The molecule has 6 nitrogen and oxygen atoms in total. The number of fused-ring (bicyclic) bond motifs is 1. The van der Waals surface area contributed by atoms with Gasteiger partial charge in [0.05, 0.1) is 31.4 Å². The predicted molar refractivity (Wildman–Crippen MR) is 84.1 cm³/mol. The van der Waals surface area contributed by atoms with Gasteiger partial charge in [0, 0.05) is 29.8 Å². The Morgan fingerprint density at radius 1 is 1.42 bits per heavy atom. The number of nitrogens with zero attached hydrogens (tertiary/aromatic N) is 3. The smallest absolute Gasteiger partial charge is 0.376 e. The van der Waals surface area contributed by atoms with Gasteiger partial charge >= 0.3 is 6.18 Å². The third-order valence-corrected chi connectivity index (χ3v) is 4.03. The van der Waals surface area contributed by atoms with E-state index in [1.807, 2.05) is 6.07 Å². The Kier molecular flexibility index (Phi) is 4.95. The lowest BCUT2D eigenvalue weighted by Crippen LogP contribution is -2.28. The molecule has 0 bridgehead atoms. The summed E-state index contributed by atoms with van der Waals surface area (Å²) in [6.45, 7) is 0.449. The number of alkyl halides is 3. The van der Waals surface area contributed by atoms with Gasteiger partial charge in [-0.15, -0.1) is 0 Å². The molecule has 0 unspecified atom stereocenters. The van der Waals surface area contributed by atoms with E-state index in [4.69, 9.17) is 10.00 Å². The highest BCUT2D eigenvalue weighted by atomic mass is 19.4. The van der Waals surface area contributed by atoms with Gasteiger partial charge in [-0.2, -0.15) is 23.5 Å². The summed E-state index contributed by atoms with van der Waals surface area (Å²) in [5, 5.41) is 15.2. The zero-order chi connectivity index (χ0) is 18.7.